The summed E-state index contributed by atoms with van der Waals surface area (Å²) >= 11 is 0. The number of carbonyl (C=O) groups is 1. The summed E-state index contributed by atoms with van der Waals surface area (Å²) in [6, 6.07) is 0. The number of nitrogens with zero attached hydrogens (tertiary/aromatic N) is 2. The van der Waals surface area contributed by atoms with Crippen LogP contribution in [0.2, 0.25) is 0 Å². The average Bonchev–Trinajstić information content (AvgIpc) is 2.32. The molecule has 1 atom stereocenters. The summed E-state index contributed by atoms with van der Waals surface area (Å²) in [4.78, 5) is 16.5. The molecule has 0 aromatic heterocycles. The molecule has 1 unspecified atom stereocenters. The summed E-state index contributed by atoms with van der Waals surface area (Å²) < 4.78 is 0. The van der Waals surface area contributed by atoms with Crippen molar-refractivity contribution in [3.8, 4) is 0 Å². The van der Waals surface area contributed by atoms with E-state index in [0.717, 1.165) is 32.5 Å². The second-order valence-corrected chi connectivity index (χ2v) is 5.21. The van der Waals surface area contributed by atoms with E-state index in [4.69, 9.17) is 5.73 Å². The molecule has 0 aliphatic heterocycles. The van der Waals surface area contributed by atoms with Crippen LogP contribution in [0.4, 0.5) is 0 Å². The quantitative estimate of drug-likeness (QED) is 0.696. The second-order valence-electron chi connectivity index (χ2n) is 5.21. The van der Waals surface area contributed by atoms with E-state index in [1.54, 1.807) is 0 Å². The molecule has 4 heteroatoms. The molecule has 0 aliphatic carbocycles. The van der Waals surface area contributed by atoms with Crippen LogP contribution in [-0.4, -0.2) is 56.0 Å². The van der Waals surface area contributed by atoms with Gasteiger partial charge in [-0.15, -0.1) is 0 Å². The third-order valence-electron chi connectivity index (χ3n) is 3.35. The first-order chi connectivity index (χ1) is 7.91. The Hall–Kier alpha value is -0.610. The molecule has 0 heterocycles. The van der Waals surface area contributed by atoms with Gasteiger partial charge >= 0.3 is 0 Å². The minimum atomic E-state index is -0.401. The molecule has 2 N–H and O–H groups in total. The number of hydrogen-bond donors (Lipinski definition) is 1. The van der Waals surface area contributed by atoms with Gasteiger partial charge in [-0.25, -0.2) is 0 Å². The maximum absolute atomic E-state index is 12.5. The van der Waals surface area contributed by atoms with Crippen molar-refractivity contribution in [1.29, 1.82) is 0 Å². The predicted octanol–water partition coefficient (Wildman–Crippen LogP) is 1.16. The number of amides is 1. The van der Waals surface area contributed by atoms with E-state index in [0.29, 0.717) is 6.54 Å². The van der Waals surface area contributed by atoms with Gasteiger partial charge in [0.25, 0.3) is 0 Å². The fourth-order valence-corrected chi connectivity index (χ4v) is 1.67. The van der Waals surface area contributed by atoms with Gasteiger partial charge in [0.05, 0.1) is 5.41 Å². The lowest BCUT2D eigenvalue weighted by atomic mass is 9.86. The van der Waals surface area contributed by atoms with Crippen molar-refractivity contribution in [2.45, 2.75) is 33.6 Å². The van der Waals surface area contributed by atoms with Crippen molar-refractivity contribution in [2.24, 2.45) is 11.1 Å². The largest absolute Gasteiger partial charge is 0.341 e. The van der Waals surface area contributed by atoms with Gasteiger partial charge in [0.15, 0.2) is 0 Å². The van der Waals surface area contributed by atoms with Crippen LogP contribution in [0.5, 0.6) is 0 Å². The standard InChI is InChI=1S/C13H29N3O/c1-6-8-16(10-9-15(4)5)12(17)13(3,7-2)11-14/h6-11,14H2,1-5H3. The van der Waals surface area contributed by atoms with Gasteiger partial charge in [-0.3, -0.25) is 4.79 Å². The number of likely N-dealkylation sites (N-methyl/N-ethyl adjacent to an activating group) is 1. The number of hydrogen-bond acceptors (Lipinski definition) is 3. The van der Waals surface area contributed by atoms with Crippen LogP contribution in [0.3, 0.4) is 0 Å². The molecule has 0 aromatic rings. The molecule has 0 aliphatic rings. The Morgan fingerprint density at radius 1 is 1.18 bits per heavy atom. The highest BCUT2D eigenvalue weighted by Crippen LogP contribution is 2.22. The van der Waals surface area contributed by atoms with E-state index < -0.39 is 5.41 Å². The molecule has 0 radical (unpaired) electrons. The first kappa shape index (κ1) is 16.4. The average molecular weight is 243 g/mol. The highest BCUT2D eigenvalue weighted by molar-refractivity contribution is 5.82. The molecule has 0 rings (SSSR count). The SMILES string of the molecule is CCCN(CCN(C)C)C(=O)C(C)(CC)CN. The Morgan fingerprint density at radius 3 is 2.12 bits per heavy atom. The van der Waals surface area contributed by atoms with Crippen LogP contribution in [0, 0.1) is 5.41 Å². The normalized spacial score (nSPS) is 14.8. The van der Waals surface area contributed by atoms with Crippen molar-refractivity contribution in [2.75, 3.05) is 40.3 Å². The first-order valence-electron chi connectivity index (χ1n) is 6.55. The highest BCUT2D eigenvalue weighted by atomic mass is 16.2. The second kappa shape index (κ2) is 7.67. The Bertz CT molecular complexity index is 225. The van der Waals surface area contributed by atoms with Crippen LogP contribution in [0.25, 0.3) is 0 Å². The van der Waals surface area contributed by atoms with Gasteiger partial charge in [-0.05, 0) is 33.9 Å². The number of carbonyl (C=O) groups excluding carboxylic acids is 1. The molecule has 17 heavy (non-hydrogen) atoms. The van der Waals surface area contributed by atoms with E-state index in [2.05, 4.69) is 11.8 Å². The van der Waals surface area contributed by atoms with E-state index >= 15 is 0 Å². The van der Waals surface area contributed by atoms with Crippen LogP contribution in [0.15, 0.2) is 0 Å². The zero-order chi connectivity index (χ0) is 13.5. The molecule has 1 amide bonds. The van der Waals surface area contributed by atoms with Crippen molar-refractivity contribution in [3.63, 3.8) is 0 Å². The molecule has 0 bridgehead atoms. The molecule has 0 spiro atoms. The fourth-order valence-electron chi connectivity index (χ4n) is 1.67. The van der Waals surface area contributed by atoms with Gasteiger partial charge in [0, 0.05) is 26.2 Å². The third kappa shape index (κ3) is 5.04. The van der Waals surface area contributed by atoms with Crippen molar-refractivity contribution in [1.82, 2.24) is 9.80 Å². The molecule has 0 saturated heterocycles. The summed E-state index contributed by atoms with van der Waals surface area (Å²) in [5.41, 5.74) is 5.35. The fraction of sp³-hybridized carbons (Fsp3) is 0.923. The summed E-state index contributed by atoms with van der Waals surface area (Å²) in [7, 11) is 4.05. The number of rotatable bonds is 8. The Kier molecular flexibility index (Phi) is 7.39. The molecule has 0 fully saturated rings. The predicted molar refractivity (Wildman–Crippen MR) is 72.9 cm³/mol. The van der Waals surface area contributed by atoms with Gasteiger partial charge in [-0.1, -0.05) is 13.8 Å². The lowest BCUT2D eigenvalue weighted by molar-refractivity contribution is -0.141. The van der Waals surface area contributed by atoms with Crippen LogP contribution in [0.1, 0.15) is 33.6 Å². The highest BCUT2D eigenvalue weighted by Gasteiger charge is 2.33. The van der Waals surface area contributed by atoms with Gasteiger partial charge in [-0.2, -0.15) is 0 Å². The molecular weight excluding hydrogens is 214 g/mol. The molecule has 4 nitrogen and oxygen atoms in total. The van der Waals surface area contributed by atoms with E-state index in [1.807, 2.05) is 32.8 Å². The topological polar surface area (TPSA) is 49.6 Å². The Labute approximate surface area is 106 Å². The summed E-state index contributed by atoms with van der Waals surface area (Å²) in [6.45, 7) is 9.02. The van der Waals surface area contributed by atoms with Crippen molar-refractivity contribution < 1.29 is 4.79 Å². The minimum Gasteiger partial charge on any atom is -0.341 e. The first-order valence-corrected chi connectivity index (χ1v) is 6.55. The molecule has 102 valence electrons. The molecule has 0 aromatic carbocycles. The van der Waals surface area contributed by atoms with E-state index in [1.165, 1.54) is 0 Å². The van der Waals surface area contributed by atoms with Gasteiger partial charge in [0.1, 0.15) is 0 Å². The van der Waals surface area contributed by atoms with E-state index in [-0.39, 0.29) is 5.91 Å². The minimum absolute atomic E-state index is 0.200. The monoisotopic (exact) mass is 243 g/mol. The Morgan fingerprint density at radius 2 is 1.76 bits per heavy atom. The van der Waals surface area contributed by atoms with Gasteiger partial charge < -0.3 is 15.5 Å². The lowest BCUT2D eigenvalue weighted by Gasteiger charge is -2.33. The van der Waals surface area contributed by atoms with Crippen LogP contribution >= 0.6 is 0 Å². The third-order valence-corrected chi connectivity index (χ3v) is 3.35. The number of nitrogens with two attached hydrogens (primary N) is 1. The zero-order valence-electron chi connectivity index (χ0n) is 12.1. The van der Waals surface area contributed by atoms with E-state index in [9.17, 15) is 4.79 Å². The van der Waals surface area contributed by atoms with Crippen LogP contribution < -0.4 is 5.73 Å². The zero-order valence-corrected chi connectivity index (χ0v) is 12.1. The smallest absolute Gasteiger partial charge is 0.229 e. The molecular formula is C13H29N3O. The maximum Gasteiger partial charge on any atom is 0.229 e. The maximum atomic E-state index is 12.5. The van der Waals surface area contributed by atoms with Gasteiger partial charge in [0.2, 0.25) is 5.91 Å². The summed E-state index contributed by atoms with van der Waals surface area (Å²) in [6.07, 6.45) is 1.79. The van der Waals surface area contributed by atoms with Crippen molar-refractivity contribution >= 4 is 5.91 Å². The summed E-state index contributed by atoms with van der Waals surface area (Å²) in [5.74, 6) is 0.200. The lowest BCUT2D eigenvalue weighted by Crippen LogP contribution is -2.48. The van der Waals surface area contributed by atoms with Crippen molar-refractivity contribution in [3.05, 3.63) is 0 Å². The summed E-state index contributed by atoms with van der Waals surface area (Å²) in [5, 5.41) is 0. The Balaban J connectivity index is 4.62. The molecule has 0 saturated carbocycles. The van der Waals surface area contributed by atoms with Crippen LogP contribution in [-0.2, 0) is 4.79 Å².